The van der Waals surface area contributed by atoms with Crippen LogP contribution in [-0.4, -0.2) is 22.5 Å². The van der Waals surface area contributed by atoms with Gasteiger partial charge in [0.15, 0.2) is 11.6 Å². The summed E-state index contributed by atoms with van der Waals surface area (Å²) in [7, 11) is 0. The number of hydrogen-bond donors (Lipinski definition) is 1. The molecule has 0 aliphatic heterocycles. The minimum atomic E-state index is -0.322. The normalized spacial score (nSPS) is 12.5. The van der Waals surface area contributed by atoms with Crippen molar-refractivity contribution in [1.82, 2.24) is 4.98 Å². The molecule has 0 fully saturated rings. The van der Waals surface area contributed by atoms with Gasteiger partial charge in [-0.2, -0.15) is 11.8 Å². The van der Waals surface area contributed by atoms with E-state index in [1.165, 1.54) is 6.07 Å². The monoisotopic (exact) mass is 292 g/mol. The van der Waals surface area contributed by atoms with Crippen LogP contribution in [0.15, 0.2) is 16.7 Å². The summed E-state index contributed by atoms with van der Waals surface area (Å²) in [5.41, 5.74) is 0. The zero-order valence-corrected chi connectivity index (χ0v) is 11.2. The summed E-state index contributed by atoms with van der Waals surface area (Å²) >= 11 is 4.99. The van der Waals surface area contributed by atoms with E-state index in [0.717, 1.165) is 11.5 Å². The van der Waals surface area contributed by atoms with E-state index in [0.29, 0.717) is 10.3 Å². The molecule has 2 nitrogen and oxygen atoms in total. The highest BCUT2D eigenvalue weighted by Gasteiger charge is 2.07. The molecule has 0 saturated carbocycles. The second-order valence-electron chi connectivity index (χ2n) is 3.19. The molecular weight excluding hydrogens is 279 g/mol. The molecule has 0 aliphatic carbocycles. The number of pyridine rings is 1. The molecule has 0 aliphatic rings. The fourth-order valence-electron chi connectivity index (χ4n) is 1.09. The first-order valence-electron chi connectivity index (χ1n) is 4.78. The SMILES string of the molecule is CCSCC(C)Nc1ncc(Br)cc1F. The third kappa shape index (κ3) is 4.38. The van der Waals surface area contributed by atoms with Gasteiger partial charge in [-0.25, -0.2) is 9.37 Å². The smallest absolute Gasteiger partial charge is 0.166 e. The molecule has 1 unspecified atom stereocenters. The van der Waals surface area contributed by atoms with Gasteiger partial charge in [-0.3, -0.25) is 0 Å². The Morgan fingerprint density at radius 2 is 2.40 bits per heavy atom. The zero-order valence-electron chi connectivity index (χ0n) is 8.76. The number of nitrogens with zero attached hydrogens (tertiary/aromatic N) is 1. The quantitative estimate of drug-likeness (QED) is 0.899. The van der Waals surface area contributed by atoms with Crippen LogP contribution in [-0.2, 0) is 0 Å². The topological polar surface area (TPSA) is 24.9 Å². The number of hydrogen-bond acceptors (Lipinski definition) is 3. The standard InChI is InChI=1S/C10H14BrFN2S/c1-3-15-6-7(2)14-10-9(12)4-8(11)5-13-10/h4-5,7H,3,6H2,1-2H3,(H,13,14). The van der Waals surface area contributed by atoms with E-state index in [1.54, 1.807) is 6.20 Å². The Hall–Kier alpha value is -0.290. The lowest BCUT2D eigenvalue weighted by molar-refractivity contribution is 0.621. The number of thioether (sulfide) groups is 1. The van der Waals surface area contributed by atoms with Gasteiger partial charge in [0.25, 0.3) is 0 Å². The Bertz CT molecular complexity index is 322. The molecule has 15 heavy (non-hydrogen) atoms. The third-order valence-electron chi connectivity index (χ3n) is 1.76. The van der Waals surface area contributed by atoms with Crippen molar-refractivity contribution in [3.05, 3.63) is 22.6 Å². The van der Waals surface area contributed by atoms with Crippen molar-refractivity contribution in [2.24, 2.45) is 0 Å². The minimum Gasteiger partial charge on any atom is -0.364 e. The van der Waals surface area contributed by atoms with Gasteiger partial charge in [-0.1, -0.05) is 6.92 Å². The fraction of sp³-hybridized carbons (Fsp3) is 0.500. The number of rotatable bonds is 5. The molecule has 0 amide bonds. The lowest BCUT2D eigenvalue weighted by Gasteiger charge is -2.14. The first-order chi connectivity index (χ1) is 7.13. The van der Waals surface area contributed by atoms with E-state index in [1.807, 2.05) is 18.7 Å². The zero-order chi connectivity index (χ0) is 11.3. The summed E-state index contributed by atoms with van der Waals surface area (Å²) < 4.78 is 14.0. The molecule has 1 aromatic rings. The molecule has 1 aromatic heterocycles. The van der Waals surface area contributed by atoms with Crippen LogP contribution in [0, 0.1) is 5.82 Å². The lowest BCUT2D eigenvalue weighted by atomic mass is 10.3. The van der Waals surface area contributed by atoms with Crippen molar-refractivity contribution < 1.29 is 4.39 Å². The molecule has 1 heterocycles. The van der Waals surface area contributed by atoms with Crippen LogP contribution in [0.5, 0.6) is 0 Å². The second kappa shape index (κ2) is 6.33. The molecule has 0 saturated heterocycles. The van der Waals surface area contributed by atoms with Gasteiger partial charge < -0.3 is 5.32 Å². The molecule has 1 N–H and O–H groups in total. The number of halogens is 2. The molecule has 0 aromatic carbocycles. The summed E-state index contributed by atoms with van der Waals surface area (Å²) in [6, 6.07) is 1.63. The predicted octanol–water partition coefficient (Wildman–Crippen LogP) is 3.54. The van der Waals surface area contributed by atoms with Gasteiger partial charge in [0.05, 0.1) is 0 Å². The Labute approximate surface area is 102 Å². The highest BCUT2D eigenvalue weighted by atomic mass is 79.9. The molecule has 5 heteroatoms. The first kappa shape index (κ1) is 12.8. The van der Waals surface area contributed by atoms with Crippen LogP contribution in [0.1, 0.15) is 13.8 Å². The molecule has 1 atom stereocenters. The molecular formula is C10H14BrFN2S. The highest BCUT2D eigenvalue weighted by molar-refractivity contribution is 9.10. The average Bonchev–Trinajstić information content (AvgIpc) is 2.19. The maximum Gasteiger partial charge on any atom is 0.166 e. The van der Waals surface area contributed by atoms with Crippen LogP contribution in [0.3, 0.4) is 0 Å². The van der Waals surface area contributed by atoms with E-state index < -0.39 is 0 Å². The number of nitrogens with one attached hydrogen (secondary N) is 1. The van der Waals surface area contributed by atoms with Gasteiger partial charge in [-0.15, -0.1) is 0 Å². The largest absolute Gasteiger partial charge is 0.364 e. The van der Waals surface area contributed by atoms with Gasteiger partial charge >= 0.3 is 0 Å². The average molecular weight is 293 g/mol. The summed E-state index contributed by atoms with van der Waals surface area (Å²) in [5, 5.41) is 3.04. The minimum absolute atomic E-state index is 0.220. The summed E-state index contributed by atoms with van der Waals surface area (Å²) in [6.07, 6.45) is 1.59. The van der Waals surface area contributed by atoms with Gasteiger partial charge in [0.1, 0.15) is 0 Å². The van der Waals surface area contributed by atoms with Crippen molar-refractivity contribution in [1.29, 1.82) is 0 Å². The Kier molecular flexibility index (Phi) is 5.39. The van der Waals surface area contributed by atoms with Crippen LogP contribution in [0.4, 0.5) is 10.2 Å². The molecule has 0 radical (unpaired) electrons. The molecule has 84 valence electrons. The number of anilines is 1. The maximum atomic E-state index is 13.4. The Morgan fingerprint density at radius 1 is 1.67 bits per heavy atom. The van der Waals surface area contributed by atoms with Gasteiger partial charge in [0, 0.05) is 22.5 Å². The van der Waals surface area contributed by atoms with Crippen LogP contribution < -0.4 is 5.32 Å². The lowest BCUT2D eigenvalue weighted by Crippen LogP contribution is -2.19. The van der Waals surface area contributed by atoms with Crippen LogP contribution in [0.2, 0.25) is 0 Å². The summed E-state index contributed by atoms with van der Waals surface area (Å²) in [5.74, 6) is 2.02. The number of aromatic nitrogens is 1. The van der Waals surface area contributed by atoms with Crippen LogP contribution in [0.25, 0.3) is 0 Å². The molecule has 0 bridgehead atoms. The molecule has 1 rings (SSSR count). The van der Waals surface area contributed by atoms with Crippen LogP contribution >= 0.6 is 27.7 Å². The van der Waals surface area contributed by atoms with E-state index >= 15 is 0 Å². The first-order valence-corrected chi connectivity index (χ1v) is 6.73. The maximum absolute atomic E-state index is 13.4. The predicted molar refractivity (Wildman–Crippen MR) is 68.0 cm³/mol. The van der Waals surface area contributed by atoms with Crippen molar-refractivity contribution >= 4 is 33.5 Å². The third-order valence-corrected chi connectivity index (χ3v) is 3.34. The van der Waals surface area contributed by atoms with Gasteiger partial charge in [0.2, 0.25) is 0 Å². The second-order valence-corrected chi connectivity index (χ2v) is 5.42. The van der Waals surface area contributed by atoms with Gasteiger partial charge in [-0.05, 0) is 34.7 Å². The van der Waals surface area contributed by atoms with Crippen molar-refractivity contribution in [3.8, 4) is 0 Å². The summed E-state index contributed by atoms with van der Waals surface area (Å²) in [6.45, 7) is 4.13. The van der Waals surface area contributed by atoms with E-state index in [-0.39, 0.29) is 11.9 Å². The molecule has 0 spiro atoms. The summed E-state index contributed by atoms with van der Waals surface area (Å²) in [4.78, 5) is 3.98. The fourth-order valence-corrected chi connectivity index (χ4v) is 2.07. The van der Waals surface area contributed by atoms with E-state index in [9.17, 15) is 4.39 Å². The van der Waals surface area contributed by atoms with E-state index in [4.69, 9.17) is 0 Å². The van der Waals surface area contributed by atoms with Crippen molar-refractivity contribution in [3.63, 3.8) is 0 Å². The highest BCUT2D eigenvalue weighted by Crippen LogP contribution is 2.17. The van der Waals surface area contributed by atoms with Crippen molar-refractivity contribution in [2.75, 3.05) is 16.8 Å². The Balaban J connectivity index is 2.56. The van der Waals surface area contributed by atoms with E-state index in [2.05, 4.69) is 33.2 Å². The van der Waals surface area contributed by atoms with Crippen molar-refractivity contribution in [2.45, 2.75) is 19.9 Å². The Morgan fingerprint density at radius 3 is 3.00 bits per heavy atom.